The predicted molar refractivity (Wildman–Crippen MR) is 72.3 cm³/mol. The molecule has 0 saturated heterocycles. The predicted octanol–water partition coefficient (Wildman–Crippen LogP) is -1.17. The highest BCUT2D eigenvalue weighted by Gasteiger charge is 2.12. The van der Waals surface area contributed by atoms with Crippen molar-refractivity contribution < 1.29 is 39.6 Å². The van der Waals surface area contributed by atoms with Gasteiger partial charge in [-0.05, 0) is 12.6 Å². The molecule has 0 atom stereocenters. The quantitative estimate of drug-likeness (QED) is 0.346. The molecule has 0 rings (SSSR count). The van der Waals surface area contributed by atoms with Gasteiger partial charge in [0.25, 0.3) is 0 Å². The molecule has 0 fully saturated rings. The lowest BCUT2D eigenvalue weighted by molar-refractivity contribution is -0.143. The van der Waals surface area contributed by atoms with E-state index in [9.17, 15) is 19.2 Å². The molecule has 10 nitrogen and oxygen atoms in total. The van der Waals surface area contributed by atoms with Crippen molar-refractivity contribution in [1.82, 2.24) is 9.80 Å². The van der Waals surface area contributed by atoms with Crippen molar-refractivity contribution in [2.75, 3.05) is 32.7 Å². The number of carbonyl (C=O) groups is 4. The number of hydrogen-bond acceptors (Lipinski definition) is 6. The van der Waals surface area contributed by atoms with Gasteiger partial charge in [0.15, 0.2) is 0 Å². The smallest absolute Gasteiger partial charge is 0.323 e. The third-order valence-corrected chi connectivity index (χ3v) is 2.32. The minimum Gasteiger partial charge on any atom is -0.480 e. The molecule has 22 heavy (non-hydrogen) atoms. The number of nitrogens with zero attached hydrogens (tertiary/aromatic N) is 2. The van der Waals surface area contributed by atoms with Gasteiger partial charge >= 0.3 is 23.9 Å². The van der Waals surface area contributed by atoms with Gasteiger partial charge in [-0.3, -0.25) is 24.1 Å². The molecule has 0 aromatic carbocycles. The molecule has 0 spiro atoms. The molecule has 0 radical (unpaired) electrons. The zero-order valence-corrected chi connectivity index (χ0v) is 11.7. The first kappa shape index (κ1) is 19.4. The van der Waals surface area contributed by atoms with Crippen LogP contribution in [0.2, 0.25) is 0 Å². The fraction of sp³-hybridized carbons (Fsp3) is 0.500. The van der Waals surface area contributed by atoms with Crippen molar-refractivity contribution in [3.8, 4) is 0 Å². The maximum atomic E-state index is 10.6. The lowest BCUT2D eigenvalue weighted by Crippen LogP contribution is -2.35. The Morgan fingerprint density at radius 1 is 0.727 bits per heavy atom. The number of hydrogen-bond donors (Lipinski definition) is 4. The van der Waals surface area contributed by atoms with E-state index in [-0.39, 0.29) is 13.0 Å². The number of carboxylic acid groups (broad SMARTS) is 4. The van der Waals surface area contributed by atoms with Crippen LogP contribution in [0.5, 0.6) is 0 Å². The van der Waals surface area contributed by atoms with Crippen LogP contribution in [0.25, 0.3) is 0 Å². The van der Waals surface area contributed by atoms with E-state index in [1.165, 1.54) is 17.2 Å². The molecule has 0 aromatic heterocycles. The van der Waals surface area contributed by atoms with Crippen LogP contribution in [0.15, 0.2) is 12.3 Å². The van der Waals surface area contributed by atoms with Gasteiger partial charge in [-0.1, -0.05) is 6.08 Å². The third kappa shape index (κ3) is 11.2. The van der Waals surface area contributed by atoms with E-state index in [1.807, 2.05) is 0 Å². The van der Waals surface area contributed by atoms with Gasteiger partial charge < -0.3 is 25.3 Å². The molecule has 0 aliphatic carbocycles. The highest BCUT2D eigenvalue weighted by atomic mass is 16.4. The van der Waals surface area contributed by atoms with Crippen molar-refractivity contribution in [2.45, 2.75) is 6.42 Å². The fourth-order valence-electron chi connectivity index (χ4n) is 1.59. The first-order valence-corrected chi connectivity index (χ1v) is 6.21. The summed E-state index contributed by atoms with van der Waals surface area (Å²) in [4.78, 5) is 44.5. The third-order valence-electron chi connectivity index (χ3n) is 2.32. The normalized spacial score (nSPS) is 10.8. The molecule has 124 valence electrons. The molecule has 0 aromatic rings. The molecule has 0 unspecified atom stereocenters. The second-order valence-corrected chi connectivity index (χ2v) is 4.36. The molecule has 0 aliphatic rings. The van der Waals surface area contributed by atoms with Crippen LogP contribution >= 0.6 is 0 Å². The number of rotatable bonds is 12. The second-order valence-electron chi connectivity index (χ2n) is 4.36. The molecule has 0 amide bonds. The van der Waals surface area contributed by atoms with E-state index in [1.54, 1.807) is 0 Å². The highest BCUT2D eigenvalue weighted by Crippen LogP contribution is 1.96. The Labute approximate surface area is 125 Å². The van der Waals surface area contributed by atoms with E-state index in [0.717, 1.165) is 4.90 Å². The van der Waals surface area contributed by atoms with Crippen molar-refractivity contribution in [3.05, 3.63) is 12.3 Å². The van der Waals surface area contributed by atoms with Gasteiger partial charge in [-0.15, -0.1) is 0 Å². The summed E-state index contributed by atoms with van der Waals surface area (Å²) in [5.74, 6) is -4.71. The van der Waals surface area contributed by atoms with Gasteiger partial charge in [-0.25, -0.2) is 0 Å². The molecule has 0 heterocycles. The van der Waals surface area contributed by atoms with Crippen molar-refractivity contribution in [2.24, 2.45) is 0 Å². The maximum Gasteiger partial charge on any atom is 0.323 e. The maximum absolute atomic E-state index is 10.6. The molecule has 10 heteroatoms. The van der Waals surface area contributed by atoms with Gasteiger partial charge in [0, 0.05) is 6.54 Å². The Bertz CT molecular complexity index is 416. The van der Waals surface area contributed by atoms with E-state index in [0.29, 0.717) is 0 Å². The van der Waals surface area contributed by atoms with Gasteiger partial charge in [-0.2, -0.15) is 0 Å². The zero-order valence-electron chi connectivity index (χ0n) is 11.7. The van der Waals surface area contributed by atoms with Gasteiger partial charge in [0.1, 0.15) is 13.1 Å². The Balaban J connectivity index is 4.44. The Morgan fingerprint density at radius 3 is 1.50 bits per heavy atom. The largest absolute Gasteiger partial charge is 0.480 e. The first-order valence-electron chi connectivity index (χ1n) is 6.21. The summed E-state index contributed by atoms with van der Waals surface area (Å²) >= 11 is 0. The van der Waals surface area contributed by atoms with Crippen molar-refractivity contribution >= 4 is 23.9 Å². The summed E-state index contributed by atoms with van der Waals surface area (Å²) in [6, 6.07) is 0. The van der Waals surface area contributed by atoms with Crippen LogP contribution in [0.4, 0.5) is 0 Å². The average molecular weight is 318 g/mol. The van der Waals surface area contributed by atoms with Gasteiger partial charge in [0.05, 0.1) is 13.1 Å². The second kappa shape index (κ2) is 10.2. The monoisotopic (exact) mass is 318 g/mol. The summed E-state index contributed by atoms with van der Waals surface area (Å²) in [7, 11) is 0. The van der Waals surface area contributed by atoms with E-state index in [4.69, 9.17) is 20.4 Å². The molecule has 4 N–H and O–H groups in total. The summed E-state index contributed by atoms with van der Waals surface area (Å²) in [6.07, 6.45) is 2.99. The van der Waals surface area contributed by atoms with Crippen LogP contribution in [-0.4, -0.2) is 86.8 Å². The lowest BCUT2D eigenvalue weighted by atomic mass is 10.3. The number of carboxylic acids is 4. The molecule has 0 saturated carbocycles. The van der Waals surface area contributed by atoms with E-state index < -0.39 is 50.1 Å². The van der Waals surface area contributed by atoms with Gasteiger partial charge in [0.2, 0.25) is 0 Å². The van der Waals surface area contributed by atoms with E-state index >= 15 is 0 Å². The zero-order chi connectivity index (χ0) is 17.1. The van der Waals surface area contributed by atoms with Crippen LogP contribution in [0.3, 0.4) is 0 Å². The first-order chi connectivity index (χ1) is 10.2. The lowest BCUT2D eigenvalue weighted by Gasteiger charge is -2.17. The summed E-state index contributed by atoms with van der Waals surface area (Å²) in [5.41, 5.74) is 0. The molecular weight excluding hydrogens is 300 g/mol. The van der Waals surface area contributed by atoms with E-state index in [2.05, 4.69) is 0 Å². The summed E-state index contributed by atoms with van der Waals surface area (Å²) < 4.78 is 0. The summed E-state index contributed by atoms with van der Waals surface area (Å²) in [6.45, 7) is -1.72. The topological polar surface area (TPSA) is 156 Å². The van der Waals surface area contributed by atoms with Crippen LogP contribution in [0.1, 0.15) is 6.42 Å². The Kier molecular flexibility index (Phi) is 8.95. The van der Waals surface area contributed by atoms with Crippen LogP contribution < -0.4 is 0 Å². The molecule has 0 bridgehead atoms. The van der Waals surface area contributed by atoms with Crippen molar-refractivity contribution in [1.29, 1.82) is 0 Å². The molecule has 0 aliphatic heterocycles. The number of aliphatic carboxylic acids is 4. The minimum atomic E-state index is -1.19. The molecular formula is C12H18N2O8. The van der Waals surface area contributed by atoms with Crippen molar-refractivity contribution in [3.63, 3.8) is 0 Å². The SMILES string of the molecule is O=C(O)CN(C=CCCN(CC(=O)O)CC(=O)O)CC(=O)O. The van der Waals surface area contributed by atoms with Crippen LogP contribution in [-0.2, 0) is 19.2 Å². The summed E-state index contributed by atoms with van der Waals surface area (Å²) in [5, 5.41) is 34.6. The Hall–Kier alpha value is -2.62. The Morgan fingerprint density at radius 2 is 1.14 bits per heavy atom. The minimum absolute atomic E-state index is 0.128. The standard InChI is InChI=1S/C12H18N2O8/c15-9(16)5-13(6-10(17)18)3-1-2-4-14(7-11(19)20)8-12(21)22/h1,3H,2,4-8H2,(H,15,16)(H,17,18)(H,19,20)(H,21,22). The fourth-order valence-corrected chi connectivity index (χ4v) is 1.59. The highest BCUT2D eigenvalue weighted by molar-refractivity contribution is 5.73. The van der Waals surface area contributed by atoms with Crippen LogP contribution in [0, 0.1) is 0 Å². The average Bonchev–Trinajstić information content (AvgIpc) is 2.31.